The molecule has 1 aromatic heterocycles. The highest BCUT2D eigenvalue weighted by molar-refractivity contribution is 7.90. The van der Waals surface area contributed by atoms with Gasteiger partial charge in [-0.1, -0.05) is 56.3 Å². The highest BCUT2D eigenvalue weighted by Crippen LogP contribution is 2.34. The maximum atomic E-state index is 13.5. The summed E-state index contributed by atoms with van der Waals surface area (Å²) in [5, 5.41) is 19.3. The standard InChI is InChI=1S/C29H26F3NO5S/c1-18(2)21-8-5-19(6-9-21)4-3-13-39(37,38)33-24(14-20-7-11-25(28(35)36)27(34)15-20)17-22-16-23(29(30,31)32)10-12-26(22)33/h3-12,15-18,34H,13-14H2,1-2H3,(H,35,36). The van der Waals surface area contributed by atoms with E-state index in [0.29, 0.717) is 11.5 Å². The predicted octanol–water partition coefficient (Wildman–Crippen LogP) is 6.67. The van der Waals surface area contributed by atoms with Crippen molar-refractivity contribution in [2.75, 3.05) is 5.75 Å². The van der Waals surface area contributed by atoms with Crippen LogP contribution >= 0.6 is 0 Å². The van der Waals surface area contributed by atoms with Crippen molar-refractivity contribution >= 4 is 33.0 Å². The zero-order valence-electron chi connectivity index (χ0n) is 21.1. The molecule has 0 bridgehead atoms. The number of aromatic carboxylic acids is 1. The smallest absolute Gasteiger partial charge is 0.416 e. The quantitative estimate of drug-likeness (QED) is 0.252. The first-order valence-corrected chi connectivity index (χ1v) is 13.6. The van der Waals surface area contributed by atoms with Crippen molar-refractivity contribution in [3.8, 4) is 5.75 Å². The number of alkyl halides is 3. The monoisotopic (exact) mass is 557 g/mol. The Hall–Kier alpha value is -4.05. The topological polar surface area (TPSA) is 96.6 Å². The number of halogens is 3. The molecule has 204 valence electrons. The molecular weight excluding hydrogens is 531 g/mol. The summed E-state index contributed by atoms with van der Waals surface area (Å²) in [4.78, 5) is 11.2. The number of carbonyl (C=O) groups is 1. The SMILES string of the molecule is CC(C)c1ccc(C=CCS(=O)(=O)n2c(Cc3ccc(C(=O)O)c(O)c3)cc3cc(C(F)(F)F)ccc32)cc1. The lowest BCUT2D eigenvalue weighted by Gasteiger charge is -2.12. The highest BCUT2D eigenvalue weighted by atomic mass is 32.2. The van der Waals surface area contributed by atoms with Crippen molar-refractivity contribution in [3.05, 3.63) is 106 Å². The molecule has 0 amide bonds. The second-order valence-corrected chi connectivity index (χ2v) is 11.4. The lowest BCUT2D eigenvalue weighted by atomic mass is 10.0. The van der Waals surface area contributed by atoms with E-state index in [1.165, 1.54) is 30.3 Å². The van der Waals surface area contributed by atoms with E-state index in [9.17, 15) is 31.5 Å². The molecule has 6 nitrogen and oxygen atoms in total. The Morgan fingerprint density at radius 3 is 2.28 bits per heavy atom. The first kappa shape index (κ1) is 28.0. The van der Waals surface area contributed by atoms with Crippen LogP contribution in [-0.2, 0) is 22.6 Å². The molecule has 0 spiro atoms. The van der Waals surface area contributed by atoms with Gasteiger partial charge in [0, 0.05) is 17.5 Å². The van der Waals surface area contributed by atoms with Crippen LogP contribution in [0.25, 0.3) is 17.0 Å². The van der Waals surface area contributed by atoms with Gasteiger partial charge in [-0.15, -0.1) is 0 Å². The number of rotatable bonds is 8. The number of carboxylic acid groups (broad SMARTS) is 1. The van der Waals surface area contributed by atoms with Gasteiger partial charge in [-0.3, -0.25) is 0 Å². The fraction of sp³-hybridized carbons (Fsp3) is 0.207. The average molecular weight is 558 g/mol. The van der Waals surface area contributed by atoms with Crippen molar-refractivity contribution in [2.45, 2.75) is 32.4 Å². The molecule has 4 aromatic rings. The number of phenols is 1. The Balaban J connectivity index is 1.73. The van der Waals surface area contributed by atoms with Crippen LogP contribution in [0.3, 0.4) is 0 Å². The molecule has 0 saturated heterocycles. The minimum Gasteiger partial charge on any atom is -0.507 e. The first-order chi connectivity index (χ1) is 18.3. The third-order valence-corrected chi connectivity index (χ3v) is 7.93. The summed E-state index contributed by atoms with van der Waals surface area (Å²) in [5.74, 6) is -1.90. The van der Waals surface area contributed by atoms with E-state index < -0.39 is 39.2 Å². The predicted molar refractivity (Wildman–Crippen MR) is 144 cm³/mol. The first-order valence-electron chi connectivity index (χ1n) is 12.0. The Morgan fingerprint density at radius 1 is 1.00 bits per heavy atom. The van der Waals surface area contributed by atoms with Gasteiger partial charge in [-0.25, -0.2) is 17.2 Å². The van der Waals surface area contributed by atoms with Gasteiger partial charge in [0.15, 0.2) is 0 Å². The minimum atomic E-state index is -4.61. The molecule has 0 fully saturated rings. The molecule has 0 saturated carbocycles. The fourth-order valence-corrected chi connectivity index (χ4v) is 5.75. The summed E-state index contributed by atoms with van der Waals surface area (Å²) in [5.41, 5.74) is 1.34. The summed E-state index contributed by atoms with van der Waals surface area (Å²) >= 11 is 0. The van der Waals surface area contributed by atoms with Crippen molar-refractivity contribution in [2.24, 2.45) is 0 Å². The Morgan fingerprint density at radius 2 is 1.69 bits per heavy atom. The molecule has 0 aliphatic heterocycles. The van der Waals surface area contributed by atoms with Gasteiger partial charge in [0.05, 0.1) is 16.8 Å². The molecule has 0 aliphatic carbocycles. The van der Waals surface area contributed by atoms with E-state index in [0.717, 1.165) is 33.3 Å². The lowest BCUT2D eigenvalue weighted by Crippen LogP contribution is -2.18. The maximum Gasteiger partial charge on any atom is 0.416 e. The van der Waals surface area contributed by atoms with Crippen LogP contribution in [0, 0.1) is 0 Å². The zero-order valence-corrected chi connectivity index (χ0v) is 21.9. The van der Waals surface area contributed by atoms with Gasteiger partial charge in [0.1, 0.15) is 11.3 Å². The molecule has 3 aromatic carbocycles. The number of aromatic hydroxyl groups is 1. The van der Waals surface area contributed by atoms with E-state index in [2.05, 4.69) is 13.8 Å². The molecule has 2 N–H and O–H groups in total. The number of benzene rings is 3. The van der Waals surface area contributed by atoms with E-state index in [4.69, 9.17) is 5.11 Å². The van der Waals surface area contributed by atoms with E-state index >= 15 is 0 Å². The lowest BCUT2D eigenvalue weighted by molar-refractivity contribution is -0.137. The van der Waals surface area contributed by atoms with Crippen LogP contribution in [0.4, 0.5) is 13.2 Å². The molecule has 0 unspecified atom stereocenters. The van der Waals surface area contributed by atoms with Crippen LogP contribution in [0.5, 0.6) is 5.75 Å². The van der Waals surface area contributed by atoms with Gasteiger partial charge in [0.2, 0.25) is 10.0 Å². The summed E-state index contributed by atoms with van der Waals surface area (Å²) in [6, 6.07) is 15.7. The summed E-state index contributed by atoms with van der Waals surface area (Å²) in [6.45, 7) is 4.13. The van der Waals surface area contributed by atoms with Crippen LogP contribution in [0.15, 0.2) is 72.8 Å². The van der Waals surface area contributed by atoms with Crippen LogP contribution in [0.2, 0.25) is 0 Å². The van der Waals surface area contributed by atoms with Crippen molar-refractivity contribution in [3.63, 3.8) is 0 Å². The number of aromatic nitrogens is 1. The summed E-state index contributed by atoms with van der Waals surface area (Å²) in [7, 11) is -4.07. The summed E-state index contributed by atoms with van der Waals surface area (Å²) in [6.07, 6.45) is -1.55. The van der Waals surface area contributed by atoms with Crippen molar-refractivity contribution < 1.29 is 36.6 Å². The molecule has 4 rings (SSSR count). The number of nitrogens with zero attached hydrogens (tertiary/aromatic N) is 1. The van der Waals surface area contributed by atoms with Crippen molar-refractivity contribution in [1.29, 1.82) is 0 Å². The number of hydrogen-bond donors (Lipinski definition) is 2. The van der Waals surface area contributed by atoms with E-state index in [-0.39, 0.29) is 28.6 Å². The van der Waals surface area contributed by atoms with E-state index in [1.54, 1.807) is 6.08 Å². The number of carboxylic acids is 1. The third-order valence-electron chi connectivity index (χ3n) is 6.33. The zero-order chi connectivity index (χ0) is 28.5. The van der Waals surface area contributed by atoms with Gasteiger partial charge < -0.3 is 10.2 Å². The number of fused-ring (bicyclic) bond motifs is 1. The molecule has 0 aliphatic rings. The second kappa shape index (κ2) is 10.6. The molecule has 1 heterocycles. The largest absolute Gasteiger partial charge is 0.507 e. The van der Waals surface area contributed by atoms with Crippen molar-refractivity contribution in [1.82, 2.24) is 3.97 Å². The highest BCUT2D eigenvalue weighted by Gasteiger charge is 2.31. The summed E-state index contributed by atoms with van der Waals surface area (Å²) < 4.78 is 68.0. The van der Waals surface area contributed by atoms with Crippen LogP contribution in [-0.4, -0.2) is 34.3 Å². The Labute approximate surface area is 223 Å². The molecule has 0 atom stereocenters. The minimum absolute atomic E-state index is 0.0803. The maximum absolute atomic E-state index is 13.5. The van der Waals surface area contributed by atoms with Gasteiger partial charge >= 0.3 is 12.1 Å². The third kappa shape index (κ3) is 6.17. The van der Waals surface area contributed by atoms with Gasteiger partial charge in [-0.2, -0.15) is 13.2 Å². The fourth-order valence-electron chi connectivity index (χ4n) is 4.33. The average Bonchev–Trinajstić information content (AvgIpc) is 3.21. The van der Waals surface area contributed by atoms with Crippen LogP contribution < -0.4 is 0 Å². The molecule has 0 radical (unpaired) electrons. The van der Waals surface area contributed by atoms with Crippen LogP contribution in [0.1, 0.15) is 58.1 Å². The van der Waals surface area contributed by atoms with Gasteiger partial charge in [-0.05, 0) is 59.0 Å². The molecule has 39 heavy (non-hydrogen) atoms. The van der Waals surface area contributed by atoms with E-state index in [1.807, 2.05) is 24.3 Å². The Bertz CT molecular complexity index is 1670. The Kier molecular flexibility index (Phi) is 7.61. The molecular formula is C29H26F3NO5S. The molecule has 10 heteroatoms. The second-order valence-electron chi connectivity index (χ2n) is 9.51. The normalized spacial score (nSPS) is 12.6. The number of hydrogen-bond acceptors (Lipinski definition) is 4. The van der Waals surface area contributed by atoms with Gasteiger partial charge in [0.25, 0.3) is 0 Å².